The standard InChI is InChI=1S/C12H13FN2O3.ClH/c1-16-12(11-14-5-6-15-11)7-17-10-8(13)3-2-4-9(10)18-12;/h2-4H,5-7H2,1H3,(H,14,15);1H/t12-;/m1./s1. The lowest BCUT2D eigenvalue weighted by Crippen LogP contribution is -2.57. The van der Waals surface area contributed by atoms with Crippen LogP contribution in [-0.2, 0) is 4.74 Å². The van der Waals surface area contributed by atoms with Crippen LogP contribution in [0.1, 0.15) is 0 Å². The zero-order valence-electron chi connectivity index (χ0n) is 10.3. The van der Waals surface area contributed by atoms with Crippen molar-refractivity contribution in [1.82, 2.24) is 5.32 Å². The number of halogens is 2. The van der Waals surface area contributed by atoms with Crippen molar-refractivity contribution in [3.63, 3.8) is 0 Å². The van der Waals surface area contributed by atoms with Crippen LogP contribution in [0.15, 0.2) is 23.2 Å². The van der Waals surface area contributed by atoms with E-state index >= 15 is 0 Å². The van der Waals surface area contributed by atoms with Crippen LogP contribution in [0.5, 0.6) is 11.5 Å². The quantitative estimate of drug-likeness (QED) is 0.893. The predicted molar refractivity (Wildman–Crippen MR) is 69.8 cm³/mol. The van der Waals surface area contributed by atoms with E-state index in [0.29, 0.717) is 18.1 Å². The van der Waals surface area contributed by atoms with Gasteiger partial charge in [-0.25, -0.2) is 4.39 Å². The van der Waals surface area contributed by atoms with Gasteiger partial charge in [0.2, 0.25) is 0 Å². The Kier molecular flexibility index (Phi) is 3.82. The minimum absolute atomic E-state index is 0. The van der Waals surface area contributed by atoms with E-state index in [1.807, 2.05) is 0 Å². The van der Waals surface area contributed by atoms with E-state index in [1.165, 1.54) is 13.2 Å². The molecule has 0 fully saturated rings. The van der Waals surface area contributed by atoms with E-state index in [1.54, 1.807) is 12.1 Å². The number of hydrogen-bond donors (Lipinski definition) is 1. The molecule has 5 nitrogen and oxygen atoms in total. The first-order chi connectivity index (χ1) is 8.75. The molecule has 104 valence electrons. The molecular formula is C12H14ClFN2O3. The molecule has 2 heterocycles. The second-order valence-electron chi connectivity index (χ2n) is 4.07. The fraction of sp³-hybridized carbons (Fsp3) is 0.417. The number of para-hydroxylation sites is 1. The average Bonchev–Trinajstić information content (AvgIpc) is 2.93. The number of ether oxygens (including phenoxy) is 3. The Morgan fingerprint density at radius 2 is 2.32 bits per heavy atom. The predicted octanol–water partition coefficient (Wildman–Crippen LogP) is 1.36. The molecule has 1 aromatic carbocycles. The normalized spacial score (nSPS) is 24.2. The van der Waals surface area contributed by atoms with Crippen LogP contribution in [0.3, 0.4) is 0 Å². The molecule has 0 spiro atoms. The van der Waals surface area contributed by atoms with Gasteiger partial charge < -0.3 is 19.5 Å². The lowest BCUT2D eigenvalue weighted by atomic mass is 10.2. The monoisotopic (exact) mass is 288 g/mol. The van der Waals surface area contributed by atoms with Crippen molar-refractivity contribution in [1.29, 1.82) is 0 Å². The summed E-state index contributed by atoms with van der Waals surface area (Å²) in [5, 5.41) is 3.09. The minimum atomic E-state index is -1.11. The number of nitrogens with zero attached hydrogens (tertiary/aromatic N) is 1. The van der Waals surface area contributed by atoms with Crippen LogP contribution in [-0.4, -0.2) is 38.4 Å². The summed E-state index contributed by atoms with van der Waals surface area (Å²) < 4.78 is 30.1. The number of fused-ring (bicyclic) bond motifs is 1. The minimum Gasteiger partial charge on any atom is -0.479 e. The number of benzene rings is 1. The topological polar surface area (TPSA) is 52.1 Å². The lowest BCUT2D eigenvalue weighted by Gasteiger charge is -2.36. The maximum absolute atomic E-state index is 13.5. The molecule has 0 amide bonds. The molecule has 0 aliphatic carbocycles. The van der Waals surface area contributed by atoms with Gasteiger partial charge in [-0.2, -0.15) is 0 Å². The van der Waals surface area contributed by atoms with Crippen molar-refractivity contribution in [2.24, 2.45) is 4.99 Å². The van der Waals surface area contributed by atoms with Gasteiger partial charge in [-0.15, -0.1) is 12.4 Å². The number of methoxy groups -OCH3 is 1. The van der Waals surface area contributed by atoms with Crippen molar-refractivity contribution < 1.29 is 18.6 Å². The van der Waals surface area contributed by atoms with Gasteiger partial charge in [-0.1, -0.05) is 6.07 Å². The molecule has 2 aliphatic heterocycles. The second-order valence-corrected chi connectivity index (χ2v) is 4.07. The molecule has 0 bridgehead atoms. The molecule has 7 heteroatoms. The SMILES string of the molecule is CO[C@]1(C2=NCCN2)COc2c(F)cccc2O1.Cl. The van der Waals surface area contributed by atoms with Crippen LogP contribution >= 0.6 is 12.4 Å². The zero-order valence-corrected chi connectivity index (χ0v) is 11.1. The van der Waals surface area contributed by atoms with E-state index in [-0.39, 0.29) is 24.8 Å². The number of rotatable bonds is 2. The summed E-state index contributed by atoms with van der Waals surface area (Å²) in [6.45, 7) is 1.46. The van der Waals surface area contributed by atoms with Crippen LogP contribution in [0.2, 0.25) is 0 Å². The third-order valence-electron chi connectivity index (χ3n) is 2.98. The first kappa shape index (κ1) is 13.9. The van der Waals surface area contributed by atoms with E-state index in [2.05, 4.69) is 10.3 Å². The molecule has 0 saturated heterocycles. The van der Waals surface area contributed by atoms with Gasteiger partial charge >= 0.3 is 5.79 Å². The molecular weight excluding hydrogens is 275 g/mol. The Hall–Kier alpha value is -1.53. The molecule has 1 aromatic rings. The van der Waals surface area contributed by atoms with Crippen LogP contribution < -0.4 is 14.8 Å². The lowest BCUT2D eigenvalue weighted by molar-refractivity contribution is -0.146. The number of aliphatic imine (C=N–C) groups is 1. The Labute approximate surface area is 116 Å². The Bertz CT molecular complexity index is 512. The first-order valence-electron chi connectivity index (χ1n) is 5.69. The van der Waals surface area contributed by atoms with Gasteiger partial charge in [0, 0.05) is 13.7 Å². The summed E-state index contributed by atoms with van der Waals surface area (Å²) in [5.41, 5.74) is 0. The van der Waals surface area contributed by atoms with Crippen LogP contribution in [0, 0.1) is 5.82 Å². The fourth-order valence-electron chi connectivity index (χ4n) is 2.05. The highest BCUT2D eigenvalue weighted by Gasteiger charge is 2.45. The third kappa shape index (κ3) is 2.21. The number of hydrogen-bond acceptors (Lipinski definition) is 5. The summed E-state index contributed by atoms with van der Waals surface area (Å²) in [7, 11) is 1.51. The summed E-state index contributed by atoms with van der Waals surface area (Å²) in [6, 6.07) is 4.53. The molecule has 0 aromatic heterocycles. The molecule has 2 aliphatic rings. The fourth-order valence-corrected chi connectivity index (χ4v) is 2.05. The molecule has 1 N–H and O–H groups in total. The van der Waals surface area contributed by atoms with Gasteiger partial charge in [0.1, 0.15) is 0 Å². The van der Waals surface area contributed by atoms with E-state index in [9.17, 15) is 4.39 Å². The maximum atomic E-state index is 13.5. The maximum Gasteiger partial charge on any atom is 0.303 e. The number of amidine groups is 1. The summed E-state index contributed by atoms with van der Waals surface area (Å²) in [4.78, 5) is 4.28. The number of nitrogens with one attached hydrogen (secondary N) is 1. The van der Waals surface area contributed by atoms with E-state index in [0.717, 1.165) is 6.54 Å². The summed E-state index contributed by atoms with van der Waals surface area (Å²) in [5.74, 6) is -0.543. The molecule has 19 heavy (non-hydrogen) atoms. The highest BCUT2D eigenvalue weighted by atomic mass is 35.5. The first-order valence-corrected chi connectivity index (χ1v) is 5.69. The Morgan fingerprint density at radius 1 is 1.47 bits per heavy atom. The van der Waals surface area contributed by atoms with Gasteiger partial charge in [-0.3, -0.25) is 4.99 Å². The average molecular weight is 289 g/mol. The molecule has 0 unspecified atom stereocenters. The van der Waals surface area contributed by atoms with Gasteiger partial charge in [0.25, 0.3) is 0 Å². The molecule has 3 rings (SSSR count). The highest BCUT2D eigenvalue weighted by Crippen LogP contribution is 2.38. The van der Waals surface area contributed by atoms with Gasteiger partial charge in [-0.05, 0) is 12.1 Å². The summed E-state index contributed by atoms with van der Waals surface area (Å²) in [6.07, 6.45) is 0. The Balaban J connectivity index is 0.00000133. The van der Waals surface area contributed by atoms with Crippen LogP contribution in [0.25, 0.3) is 0 Å². The molecule has 0 saturated carbocycles. The van der Waals surface area contributed by atoms with Crippen molar-refractivity contribution in [2.45, 2.75) is 5.79 Å². The van der Waals surface area contributed by atoms with E-state index < -0.39 is 11.6 Å². The second kappa shape index (κ2) is 5.22. The highest BCUT2D eigenvalue weighted by molar-refractivity contribution is 5.91. The third-order valence-corrected chi connectivity index (χ3v) is 2.98. The smallest absolute Gasteiger partial charge is 0.303 e. The van der Waals surface area contributed by atoms with Crippen LogP contribution in [0.4, 0.5) is 4.39 Å². The largest absolute Gasteiger partial charge is 0.479 e. The molecule has 0 radical (unpaired) electrons. The summed E-state index contributed by atoms with van der Waals surface area (Å²) >= 11 is 0. The zero-order chi connectivity index (χ0) is 12.6. The van der Waals surface area contributed by atoms with E-state index in [4.69, 9.17) is 14.2 Å². The van der Waals surface area contributed by atoms with Gasteiger partial charge in [0.15, 0.2) is 29.8 Å². The van der Waals surface area contributed by atoms with Crippen molar-refractivity contribution in [3.05, 3.63) is 24.0 Å². The molecule has 1 atom stereocenters. The van der Waals surface area contributed by atoms with Gasteiger partial charge in [0.05, 0.1) is 6.54 Å². The van der Waals surface area contributed by atoms with Crippen molar-refractivity contribution in [2.75, 3.05) is 26.8 Å². The Morgan fingerprint density at radius 3 is 3.00 bits per heavy atom. The van der Waals surface area contributed by atoms with Crippen molar-refractivity contribution in [3.8, 4) is 11.5 Å². The van der Waals surface area contributed by atoms with Crippen molar-refractivity contribution >= 4 is 18.2 Å².